The van der Waals surface area contributed by atoms with Crippen molar-refractivity contribution >= 4 is 32.9 Å². The van der Waals surface area contributed by atoms with Crippen LogP contribution in [0, 0.1) is 0 Å². The average Bonchev–Trinajstić information content (AvgIpc) is 3.04. The van der Waals surface area contributed by atoms with Gasteiger partial charge in [-0.25, -0.2) is 0 Å². The SMILES string of the molecule is CN(c1ccc(-c2cccc3ccccc23)c(-c2cccc3ccccc23)c1)c1ccccc1-c1ccccc1. The van der Waals surface area contributed by atoms with Crippen LogP contribution in [0.3, 0.4) is 0 Å². The van der Waals surface area contributed by atoms with Gasteiger partial charge in [-0.15, -0.1) is 0 Å². The predicted molar refractivity (Wildman–Crippen MR) is 172 cm³/mol. The quantitative estimate of drug-likeness (QED) is 0.222. The first-order chi connectivity index (χ1) is 19.8. The summed E-state index contributed by atoms with van der Waals surface area (Å²) in [6.45, 7) is 0. The zero-order valence-electron chi connectivity index (χ0n) is 22.5. The van der Waals surface area contributed by atoms with E-state index in [1.807, 2.05) is 0 Å². The van der Waals surface area contributed by atoms with Gasteiger partial charge in [0.1, 0.15) is 0 Å². The molecule has 0 amide bonds. The third-order valence-corrected chi connectivity index (χ3v) is 7.90. The van der Waals surface area contributed by atoms with Crippen LogP contribution in [-0.2, 0) is 0 Å². The van der Waals surface area contributed by atoms with Crippen LogP contribution in [0.15, 0.2) is 158 Å². The highest BCUT2D eigenvalue weighted by Crippen LogP contribution is 2.42. The second-order valence-electron chi connectivity index (χ2n) is 10.2. The minimum Gasteiger partial charge on any atom is -0.344 e. The van der Waals surface area contributed by atoms with Crippen molar-refractivity contribution in [2.75, 3.05) is 11.9 Å². The van der Waals surface area contributed by atoms with E-state index in [0.717, 1.165) is 5.69 Å². The largest absolute Gasteiger partial charge is 0.344 e. The third kappa shape index (κ3) is 4.22. The molecule has 0 aliphatic rings. The second kappa shape index (κ2) is 10.2. The molecular formula is C39H29N. The van der Waals surface area contributed by atoms with Crippen molar-refractivity contribution in [1.82, 2.24) is 0 Å². The first-order valence-corrected chi connectivity index (χ1v) is 13.8. The lowest BCUT2D eigenvalue weighted by atomic mass is 9.89. The standard InChI is InChI=1S/C39H29N/c1-40(39-24-10-9-21-34(39)30-13-3-2-4-14-30)31-25-26-37(35-22-11-17-28-15-5-7-19-32(28)35)38(27-31)36-23-12-18-29-16-6-8-20-33(29)36/h2-27H,1H3. The van der Waals surface area contributed by atoms with E-state index in [2.05, 4.69) is 170 Å². The van der Waals surface area contributed by atoms with E-state index in [0.29, 0.717) is 0 Å². The Morgan fingerprint density at radius 1 is 0.375 bits per heavy atom. The van der Waals surface area contributed by atoms with Gasteiger partial charge in [0.15, 0.2) is 0 Å². The van der Waals surface area contributed by atoms with Crippen LogP contribution in [0.4, 0.5) is 11.4 Å². The number of anilines is 2. The molecule has 1 heteroatoms. The molecule has 0 unspecified atom stereocenters. The molecule has 0 heterocycles. The maximum absolute atomic E-state index is 2.36. The van der Waals surface area contributed by atoms with Gasteiger partial charge in [0, 0.05) is 24.0 Å². The summed E-state index contributed by atoms with van der Waals surface area (Å²) >= 11 is 0. The van der Waals surface area contributed by atoms with E-state index in [4.69, 9.17) is 0 Å². The molecule has 0 fully saturated rings. The Labute approximate surface area is 235 Å². The van der Waals surface area contributed by atoms with Crippen molar-refractivity contribution in [3.8, 4) is 33.4 Å². The lowest BCUT2D eigenvalue weighted by Gasteiger charge is -2.25. The molecule has 0 atom stereocenters. The highest BCUT2D eigenvalue weighted by atomic mass is 15.1. The fraction of sp³-hybridized carbons (Fsp3) is 0.0256. The van der Waals surface area contributed by atoms with Crippen LogP contribution in [0.25, 0.3) is 54.9 Å². The fourth-order valence-corrected chi connectivity index (χ4v) is 5.89. The van der Waals surface area contributed by atoms with E-state index in [1.165, 1.54) is 60.6 Å². The number of nitrogens with zero attached hydrogens (tertiary/aromatic N) is 1. The molecule has 0 radical (unpaired) electrons. The van der Waals surface area contributed by atoms with Crippen molar-refractivity contribution in [3.05, 3.63) is 158 Å². The van der Waals surface area contributed by atoms with E-state index < -0.39 is 0 Å². The van der Waals surface area contributed by atoms with E-state index in [-0.39, 0.29) is 0 Å². The maximum atomic E-state index is 2.36. The van der Waals surface area contributed by atoms with E-state index >= 15 is 0 Å². The normalized spacial score (nSPS) is 11.1. The van der Waals surface area contributed by atoms with Crippen LogP contribution in [0.1, 0.15) is 0 Å². The molecule has 0 bridgehead atoms. The summed E-state index contributed by atoms with van der Waals surface area (Å²) < 4.78 is 0. The molecule has 40 heavy (non-hydrogen) atoms. The predicted octanol–water partition coefficient (Wildman–Crippen LogP) is 10.8. The molecule has 7 aromatic rings. The van der Waals surface area contributed by atoms with Crippen molar-refractivity contribution < 1.29 is 0 Å². The Kier molecular flexibility index (Phi) is 6.11. The topological polar surface area (TPSA) is 3.24 Å². The van der Waals surface area contributed by atoms with Gasteiger partial charge in [-0.05, 0) is 67.6 Å². The molecule has 7 rings (SSSR count). The average molecular weight is 512 g/mol. The van der Waals surface area contributed by atoms with Crippen LogP contribution in [0.5, 0.6) is 0 Å². The van der Waals surface area contributed by atoms with Gasteiger partial charge in [-0.1, -0.05) is 140 Å². The summed E-state index contributed by atoms with van der Waals surface area (Å²) in [4.78, 5) is 2.31. The highest BCUT2D eigenvalue weighted by Gasteiger charge is 2.17. The van der Waals surface area contributed by atoms with Crippen LogP contribution >= 0.6 is 0 Å². The van der Waals surface area contributed by atoms with Crippen molar-refractivity contribution in [2.24, 2.45) is 0 Å². The summed E-state index contributed by atoms with van der Waals surface area (Å²) in [7, 11) is 2.17. The van der Waals surface area contributed by atoms with Gasteiger partial charge in [0.05, 0.1) is 0 Å². The maximum Gasteiger partial charge on any atom is 0.0487 e. The molecule has 0 aliphatic carbocycles. The van der Waals surface area contributed by atoms with Gasteiger partial charge in [-0.3, -0.25) is 0 Å². The second-order valence-corrected chi connectivity index (χ2v) is 10.2. The molecule has 1 nitrogen and oxygen atoms in total. The first kappa shape index (κ1) is 23.9. The molecule has 0 saturated heterocycles. The molecule has 0 spiro atoms. The van der Waals surface area contributed by atoms with Crippen molar-refractivity contribution in [1.29, 1.82) is 0 Å². The summed E-state index contributed by atoms with van der Waals surface area (Å²) in [5.74, 6) is 0. The Balaban J connectivity index is 1.46. The Morgan fingerprint density at radius 2 is 0.900 bits per heavy atom. The molecule has 0 aliphatic heterocycles. The number of rotatable bonds is 5. The Morgan fingerprint density at radius 3 is 1.60 bits per heavy atom. The number of fused-ring (bicyclic) bond motifs is 2. The number of para-hydroxylation sites is 1. The molecule has 0 saturated carbocycles. The minimum absolute atomic E-state index is 1.15. The van der Waals surface area contributed by atoms with Gasteiger partial charge in [0.25, 0.3) is 0 Å². The number of benzene rings is 7. The van der Waals surface area contributed by atoms with Crippen LogP contribution < -0.4 is 4.90 Å². The number of hydrogen-bond donors (Lipinski definition) is 0. The molecule has 0 N–H and O–H groups in total. The summed E-state index contributed by atoms with van der Waals surface area (Å²) in [5, 5.41) is 5.02. The molecule has 0 aromatic heterocycles. The minimum atomic E-state index is 1.15. The van der Waals surface area contributed by atoms with Gasteiger partial charge < -0.3 is 4.90 Å². The summed E-state index contributed by atoms with van der Waals surface area (Å²) in [5.41, 5.74) is 9.72. The van der Waals surface area contributed by atoms with Gasteiger partial charge >= 0.3 is 0 Å². The number of hydrogen-bond acceptors (Lipinski definition) is 1. The monoisotopic (exact) mass is 511 g/mol. The van der Waals surface area contributed by atoms with E-state index in [9.17, 15) is 0 Å². The van der Waals surface area contributed by atoms with Gasteiger partial charge in [-0.2, -0.15) is 0 Å². The zero-order chi connectivity index (χ0) is 26.9. The smallest absolute Gasteiger partial charge is 0.0487 e. The summed E-state index contributed by atoms with van der Waals surface area (Å²) in [6.07, 6.45) is 0. The van der Waals surface area contributed by atoms with Gasteiger partial charge in [0.2, 0.25) is 0 Å². The Bertz CT molecular complexity index is 1960. The molecular weight excluding hydrogens is 482 g/mol. The third-order valence-electron chi connectivity index (χ3n) is 7.90. The first-order valence-electron chi connectivity index (χ1n) is 13.8. The highest BCUT2D eigenvalue weighted by molar-refractivity contribution is 6.06. The zero-order valence-corrected chi connectivity index (χ0v) is 22.5. The lowest BCUT2D eigenvalue weighted by Crippen LogP contribution is -2.11. The molecule has 190 valence electrons. The Hall–Kier alpha value is -5.14. The van der Waals surface area contributed by atoms with Crippen LogP contribution in [0.2, 0.25) is 0 Å². The van der Waals surface area contributed by atoms with Crippen molar-refractivity contribution in [2.45, 2.75) is 0 Å². The van der Waals surface area contributed by atoms with Crippen molar-refractivity contribution in [3.63, 3.8) is 0 Å². The molecule has 7 aromatic carbocycles. The fourth-order valence-electron chi connectivity index (χ4n) is 5.89. The lowest BCUT2D eigenvalue weighted by molar-refractivity contribution is 1.21. The van der Waals surface area contributed by atoms with Crippen LogP contribution in [-0.4, -0.2) is 7.05 Å². The summed E-state index contributed by atoms with van der Waals surface area (Å²) in [6, 6.07) is 56.8. The van der Waals surface area contributed by atoms with E-state index in [1.54, 1.807) is 0 Å².